The zero-order valence-corrected chi connectivity index (χ0v) is 8.46. The van der Waals surface area contributed by atoms with Gasteiger partial charge in [-0.25, -0.2) is 4.98 Å². The molecule has 15 heavy (non-hydrogen) atoms. The third kappa shape index (κ3) is 1.61. The van der Waals surface area contributed by atoms with Crippen LogP contribution in [0.15, 0.2) is 12.4 Å². The topological polar surface area (TPSA) is 86.5 Å². The van der Waals surface area contributed by atoms with Gasteiger partial charge in [0.25, 0.3) is 5.91 Å². The highest BCUT2D eigenvalue weighted by molar-refractivity contribution is 5.99. The Bertz CT molecular complexity index is 484. The summed E-state index contributed by atoms with van der Waals surface area (Å²) < 4.78 is 0. The monoisotopic (exact) mass is 205 g/mol. The Morgan fingerprint density at radius 2 is 2.27 bits per heavy atom. The van der Waals surface area contributed by atoms with Gasteiger partial charge in [-0.15, -0.1) is 0 Å². The van der Waals surface area contributed by atoms with Gasteiger partial charge in [0, 0.05) is 19.4 Å². The highest BCUT2D eigenvalue weighted by Gasteiger charge is 2.15. The Morgan fingerprint density at radius 1 is 1.47 bits per heavy atom. The lowest BCUT2D eigenvalue weighted by Crippen LogP contribution is -2.17. The standard InChI is InChI=1S/C9H11N5O/c1-5-12-8(14-13-5)6-3-11-4-7(6)9(15)10-2/h3-4,11H,1-2H3,(H,10,15)(H,12,13,14). The Kier molecular flexibility index (Phi) is 2.24. The van der Waals surface area contributed by atoms with Crippen LogP contribution in [0.5, 0.6) is 0 Å². The number of carbonyl (C=O) groups excluding carboxylic acids is 1. The lowest BCUT2D eigenvalue weighted by atomic mass is 10.2. The van der Waals surface area contributed by atoms with E-state index in [1.54, 1.807) is 19.4 Å². The lowest BCUT2D eigenvalue weighted by molar-refractivity contribution is 0.0964. The zero-order valence-electron chi connectivity index (χ0n) is 8.46. The van der Waals surface area contributed by atoms with Crippen LogP contribution in [0, 0.1) is 6.92 Å². The van der Waals surface area contributed by atoms with Crippen molar-refractivity contribution in [2.45, 2.75) is 6.92 Å². The minimum atomic E-state index is -0.159. The van der Waals surface area contributed by atoms with Gasteiger partial charge < -0.3 is 10.3 Å². The van der Waals surface area contributed by atoms with E-state index in [0.29, 0.717) is 22.8 Å². The summed E-state index contributed by atoms with van der Waals surface area (Å²) in [6.45, 7) is 1.81. The van der Waals surface area contributed by atoms with Crippen LogP contribution in [0.3, 0.4) is 0 Å². The molecule has 6 heteroatoms. The number of nitrogens with zero attached hydrogens (tertiary/aromatic N) is 2. The van der Waals surface area contributed by atoms with Crippen molar-refractivity contribution in [3.05, 3.63) is 23.8 Å². The lowest BCUT2D eigenvalue weighted by Gasteiger charge is -1.97. The minimum absolute atomic E-state index is 0.159. The summed E-state index contributed by atoms with van der Waals surface area (Å²) in [6, 6.07) is 0. The van der Waals surface area contributed by atoms with Crippen molar-refractivity contribution >= 4 is 5.91 Å². The van der Waals surface area contributed by atoms with E-state index in [-0.39, 0.29) is 5.91 Å². The molecule has 0 unspecified atom stereocenters. The fourth-order valence-electron chi connectivity index (χ4n) is 1.33. The first-order valence-corrected chi connectivity index (χ1v) is 4.50. The molecule has 0 fully saturated rings. The fourth-order valence-corrected chi connectivity index (χ4v) is 1.33. The largest absolute Gasteiger partial charge is 0.366 e. The summed E-state index contributed by atoms with van der Waals surface area (Å²) in [5.74, 6) is 1.08. The molecule has 0 aliphatic carbocycles. The maximum atomic E-state index is 11.5. The molecule has 1 amide bonds. The summed E-state index contributed by atoms with van der Waals surface area (Å²) >= 11 is 0. The minimum Gasteiger partial charge on any atom is -0.366 e. The molecule has 0 spiro atoms. The quantitative estimate of drug-likeness (QED) is 0.666. The highest BCUT2D eigenvalue weighted by Crippen LogP contribution is 2.19. The predicted octanol–water partition coefficient (Wildman–Crippen LogP) is 0.468. The summed E-state index contributed by atoms with van der Waals surface area (Å²) in [5, 5.41) is 9.29. The molecule has 0 aromatic carbocycles. The van der Waals surface area contributed by atoms with Gasteiger partial charge in [0.2, 0.25) is 0 Å². The van der Waals surface area contributed by atoms with Gasteiger partial charge in [-0.2, -0.15) is 5.10 Å². The van der Waals surface area contributed by atoms with E-state index in [0.717, 1.165) is 0 Å². The van der Waals surface area contributed by atoms with E-state index in [9.17, 15) is 4.79 Å². The van der Waals surface area contributed by atoms with Crippen molar-refractivity contribution in [1.29, 1.82) is 0 Å². The van der Waals surface area contributed by atoms with Crippen LogP contribution < -0.4 is 5.32 Å². The molecule has 0 bridgehead atoms. The molecule has 0 aliphatic rings. The van der Waals surface area contributed by atoms with Gasteiger partial charge in [0.05, 0.1) is 11.1 Å². The number of carbonyl (C=O) groups is 1. The molecule has 2 aromatic rings. The molecule has 0 atom stereocenters. The number of aromatic nitrogens is 4. The van der Waals surface area contributed by atoms with Gasteiger partial charge in [0.1, 0.15) is 5.82 Å². The maximum Gasteiger partial charge on any atom is 0.253 e. The molecule has 6 nitrogen and oxygen atoms in total. The van der Waals surface area contributed by atoms with Gasteiger partial charge in [-0.05, 0) is 6.92 Å². The smallest absolute Gasteiger partial charge is 0.253 e. The molecule has 0 radical (unpaired) electrons. The molecular weight excluding hydrogens is 194 g/mol. The van der Waals surface area contributed by atoms with Crippen molar-refractivity contribution in [3.63, 3.8) is 0 Å². The molecule has 2 rings (SSSR count). The molecule has 0 saturated carbocycles. The number of nitrogens with one attached hydrogen (secondary N) is 3. The molecule has 0 aliphatic heterocycles. The van der Waals surface area contributed by atoms with Crippen LogP contribution >= 0.6 is 0 Å². The number of H-pyrrole nitrogens is 2. The van der Waals surface area contributed by atoms with E-state index < -0.39 is 0 Å². The number of hydrogen-bond acceptors (Lipinski definition) is 3. The maximum absolute atomic E-state index is 11.5. The number of aromatic amines is 2. The van der Waals surface area contributed by atoms with E-state index in [1.807, 2.05) is 6.92 Å². The highest BCUT2D eigenvalue weighted by atomic mass is 16.1. The zero-order chi connectivity index (χ0) is 10.8. The summed E-state index contributed by atoms with van der Waals surface area (Å²) in [7, 11) is 1.59. The van der Waals surface area contributed by atoms with Crippen LogP contribution in [0.4, 0.5) is 0 Å². The van der Waals surface area contributed by atoms with Crippen molar-refractivity contribution in [2.24, 2.45) is 0 Å². The van der Waals surface area contributed by atoms with Crippen LogP contribution in [0.2, 0.25) is 0 Å². The Balaban J connectivity index is 2.45. The van der Waals surface area contributed by atoms with Crippen LogP contribution in [0.25, 0.3) is 11.4 Å². The Morgan fingerprint density at radius 3 is 2.87 bits per heavy atom. The van der Waals surface area contributed by atoms with Gasteiger partial charge >= 0.3 is 0 Å². The Hall–Kier alpha value is -2.11. The summed E-state index contributed by atoms with van der Waals surface area (Å²) in [6.07, 6.45) is 3.33. The third-order valence-corrected chi connectivity index (χ3v) is 2.06. The van der Waals surface area contributed by atoms with Crippen LogP contribution in [0.1, 0.15) is 16.2 Å². The van der Waals surface area contributed by atoms with E-state index in [4.69, 9.17) is 0 Å². The van der Waals surface area contributed by atoms with Crippen molar-refractivity contribution < 1.29 is 4.79 Å². The number of amides is 1. The molecule has 78 valence electrons. The van der Waals surface area contributed by atoms with Crippen molar-refractivity contribution in [1.82, 2.24) is 25.5 Å². The second kappa shape index (κ2) is 3.56. The third-order valence-electron chi connectivity index (χ3n) is 2.06. The molecule has 3 N–H and O–H groups in total. The summed E-state index contributed by atoms with van der Waals surface area (Å²) in [4.78, 5) is 18.5. The molecule has 2 aromatic heterocycles. The van der Waals surface area contributed by atoms with Gasteiger partial charge in [-0.1, -0.05) is 0 Å². The van der Waals surface area contributed by atoms with E-state index in [2.05, 4.69) is 25.5 Å². The number of aryl methyl sites for hydroxylation is 1. The van der Waals surface area contributed by atoms with Crippen LogP contribution in [-0.2, 0) is 0 Å². The number of rotatable bonds is 2. The first kappa shape index (κ1) is 9.45. The molecular formula is C9H11N5O. The number of hydrogen-bond donors (Lipinski definition) is 3. The van der Waals surface area contributed by atoms with Crippen molar-refractivity contribution in [3.8, 4) is 11.4 Å². The van der Waals surface area contributed by atoms with Gasteiger partial charge in [-0.3, -0.25) is 9.89 Å². The SMILES string of the molecule is CNC(=O)c1c[nH]cc1-c1n[nH]c(C)n1. The van der Waals surface area contributed by atoms with Crippen molar-refractivity contribution in [2.75, 3.05) is 7.05 Å². The van der Waals surface area contributed by atoms with Gasteiger partial charge in [0.15, 0.2) is 5.82 Å². The molecule has 0 saturated heterocycles. The average molecular weight is 205 g/mol. The second-order valence-electron chi connectivity index (χ2n) is 3.11. The van der Waals surface area contributed by atoms with E-state index >= 15 is 0 Å². The predicted molar refractivity (Wildman–Crippen MR) is 54.3 cm³/mol. The van der Waals surface area contributed by atoms with Crippen LogP contribution in [-0.4, -0.2) is 33.1 Å². The Labute approximate surface area is 86.1 Å². The first-order chi connectivity index (χ1) is 7.22. The fraction of sp³-hybridized carbons (Fsp3) is 0.222. The molecule has 2 heterocycles. The normalized spacial score (nSPS) is 10.3. The van der Waals surface area contributed by atoms with E-state index in [1.165, 1.54) is 0 Å². The first-order valence-electron chi connectivity index (χ1n) is 4.50. The second-order valence-corrected chi connectivity index (χ2v) is 3.11. The average Bonchev–Trinajstić information content (AvgIpc) is 2.84. The summed E-state index contributed by atoms with van der Waals surface area (Å²) in [5.41, 5.74) is 1.23.